The molecule has 7 heteroatoms. The van der Waals surface area contributed by atoms with E-state index < -0.39 is 0 Å². The molecule has 0 fully saturated rings. The number of aromatic nitrogens is 4. The molecule has 0 saturated heterocycles. The van der Waals surface area contributed by atoms with Gasteiger partial charge in [-0.15, -0.1) is 5.10 Å². The summed E-state index contributed by atoms with van der Waals surface area (Å²) in [5.41, 5.74) is 1.03. The van der Waals surface area contributed by atoms with Crippen LogP contribution in [0.1, 0.15) is 5.56 Å². The Labute approximate surface area is 102 Å². The van der Waals surface area contributed by atoms with Gasteiger partial charge in [0.1, 0.15) is 5.15 Å². The van der Waals surface area contributed by atoms with Crippen molar-refractivity contribution in [3.63, 3.8) is 0 Å². The summed E-state index contributed by atoms with van der Waals surface area (Å²) < 4.78 is 0. The van der Waals surface area contributed by atoms with Crippen LogP contribution in [0.4, 0.5) is 5.95 Å². The van der Waals surface area contributed by atoms with E-state index in [2.05, 4.69) is 25.5 Å². The molecule has 0 radical (unpaired) electrons. The van der Waals surface area contributed by atoms with E-state index in [4.69, 9.17) is 11.6 Å². The number of anilines is 1. The number of pyridine rings is 1. The fourth-order valence-electron chi connectivity index (χ4n) is 1.11. The lowest BCUT2D eigenvalue weighted by atomic mass is 10.3. The highest BCUT2D eigenvalue weighted by Gasteiger charge is 2.01. The number of hydrogen-bond acceptors (Lipinski definition) is 5. The predicted molar refractivity (Wildman–Crippen MR) is 64.7 cm³/mol. The molecular weight excluding hydrogens is 246 g/mol. The Hall–Kier alpha value is -1.27. The number of thioether (sulfide) groups is 1. The Morgan fingerprint density at radius 2 is 2.38 bits per heavy atom. The Balaban J connectivity index is 1.94. The standard InChI is InChI=1S/C9H10ClN5S/c1-16-9-13-8(14-15-9)12-5-6-2-3-7(10)11-4-6/h2-4H,5H2,1H3,(H2,12,13,14,15). The lowest BCUT2D eigenvalue weighted by Crippen LogP contribution is -2.01. The van der Waals surface area contributed by atoms with Gasteiger partial charge in [0.25, 0.3) is 0 Å². The first-order chi connectivity index (χ1) is 7.78. The van der Waals surface area contributed by atoms with Crippen LogP contribution in [0.5, 0.6) is 0 Å². The van der Waals surface area contributed by atoms with Crippen LogP contribution in [0.2, 0.25) is 5.15 Å². The molecule has 0 aliphatic heterocycles. The first-order valence-electron chi connectivity index (χ1n) is 4.58. The highest BCUT2D eigenvalue weighted by molar-refractivity contribution is 7.98. The zero-order chi connectivity index (χ0) is 11.4. The minimum Gasteiger partial charge on any atom is -0.349 e. The van der Waals surface area contributed by atoms with E-state index >= 15 is 0 Å². The Kier molecular flexibility index (Phi) is 3.63. The molecule has 2 N–H and O–H groups in total. The topological polar surface area (TPSA) is 66.5 Å². The Morgan fingerprint density at radius 3 is 3.00 bits per heavy atom. The minimum absolute atomic E-state index is 0.492. The van der Waals surface area contributed by atoms with Crippen molar-refractivity contribution in [1.29, 1.82) is 0 Å². The van der Waals surface area contributed by atoms with Crippen molar-refractivity contribution in [3.8, 4) is 0 Å². The third kappa shape index (κ3) is 2.86. The molecule has 0 amide bonds. The van der Waals surface area contributed by atoms with Crippen LogP contribution in [0.25, 0.3) is 0 Å². The van der Waals surface area contributed by atoms with Crippen LogP contribution in [0, 0.1) is 0 Å². The largest absolute Gasteiger partial charge is 0.349 e. The monoisotopic (exact) mass is 255 g/mol. The average molecular weight is 256 g/mol. The molecule has 5 nitrogen and oxygen atoms in total. The second kappa shape index (κ2) is 5.18. The summed E-state index contributed by atoms with van der Waals surface area (Å²) in [7, 11) is 0. The summed E-state index contributed by atoms with van der Waals surface area (Å²) in [6, 6.07) is 3.66. The molecule has 0 bridgehead atoms. The number of H-pyrrole nitrogens is 1. The van der Waals surface area contributed by atoms with Gasteiger partial charge in [-0.05, 0) is 17.9 Å². The van der Waals surface area contributed by atoms with Crippen molar-refractivity contribution in [2.24, 2.45) is 0 Å². The van der Waals surface area contributed by atoms with Crippen molar-refractivity contribution in [2.45, 2.75) is 11.7 Å². The van der Waals surface area contributed by atoms with Crippen LogP contribution in [-0.2, 0) is 6.54 Å². The molecule has 0 spiro atoms. The number of hydrogen-bond donors (Lipinski definition) is 2. The summed E-state index contributed by atoms with van der Waals surface area (Å²) >= 11 is 7.20. The normalized spacial score (nSPS) is 10.4. The first kappa shape index (κ1) is 11.2. The van der Waals surface area contributed by atoms with Crippen molar-refractivity contribution < 1.29 is 0 Å². The maximum atomic E-state index is 5.69. The van der Waals surface area contributed by atoms with Gasteiger partial charge in [-0.2, -0.15) is 4.98 Å². The van der Waals surface area contributed by atoms with Gasteiger partial charge in [-0.1, -0.05) is 29.4 Å². The molecule has 0 unspecified atom stereocenters. The maximum absolute atomic E-state index is 5.69. The van der Waals surface area contributed by atoms with E-state index in [1.54, 1.807) is 12.3 Å². The van der Waals surface area contributed by atoms with Gasteiger partial charge in [-0.25, -0.2) is 4.98 Å². The summed E-state index contributed by atoms with van der Waals surface area (Å²) in [6.07, 6.45) is 3.66. The average Bonchev–Trinajstić information content (AvgIpc) is 2.76. The molecule has 0 aliphatic rings. The molecule has 2 aromatic rings. The smallest absolute Gasteiger partial charge is 0.243 e. The number of rotatable bonds is 4. The maximum Gasteiger partial charge on any atom is 0.243 e. The van der Waals surface area contributed by atoms with Crippen LogP contribution in [0.3, 0.4) is 0 Å². The van der Waals surface area contributed by atoms with E-state index in [-0.39, 0.29) is 0 Å². The van der Waals surface area contributed by atoms with Crippen LogP contribution < -0.4 is 5.32 Å². The first-order valence-corrected chi connectivity index (χ1v) is 6.19. The molecule has 0 atom stereocenters. The van der Waals surface area contributed by atoms with E-state index in [0.717, 1.165) is 10.7 Å². The number of halogens is 1. The van der Waals surface area contributed by atoms with Crippen LogP contribution in [-0.4, -0.2) is 26.4 Å². The number of nitrogens with one attached hydrogen (secondary N) is 2. The zero-order valence-electron chi connectivity index (χ0n) is 8.57. The van der Waals surface area contributed by atoms with Crippen molar-refractivity contribution >= 4 is 29.3 Å². The minimum atomic E-state index is 0.492. The van der Waals surface area contributed by atoms with E-state index in [9.17, 15) is 0 Å². The molecule has 0 saturated carbocycles. The Bertz CT molecular complexity index is 455. The fourth-order valence-corrected chi connectivity index (χ4v) is 1.54. The van der Waals surface area contributed by atoms with Crippen LogP contribution >= 0.6 is 23.4 Å². The highest BCUT2D eigenvalue weighted by atomic mass is 35.5. The lowest BCUT2D eigenvalue weighted by molar-refractivity contribution is 0.974. The van der Waals surface area contributed by atoms with E-state index in [1.165, 1.54) is 11.8 Å². The lowest BCUT2D eigenvalue weighted by Gasteiger charge is -2.00. The van der Waals surface area contributed by atoms with Crippen molar-refractivity contribution in [2.75, 3.05) is 11.6 Å². The summed E-state index contributed by atoms with van der Waals surface area (Å²) in [4.78, 5) is 8.19. The molecule has 2 rings (SSSR count). The molecule has 84 valence electrons. The van der Waals surface area contributed by atoms with Crippen LogP contribution in [0.15, 0.2) is 23.5 Å². The second-order valence-electron chi connectivity index (χ2n) is 3.01. The van der Waals surface area contributed by atoms with Gasteiger partial charge in [0.2, 0.25) is 5.95 Å². The van der Waals surface area contributed by atoms with Gasteiger partial charge < -0.3 is 5.32 Å². The van der Waals surface area contributed by atoms with Gasteiger partial charge in [0.05, 0.1) is 0 Å². The van der Waals surface area contributed by atoms with Gasteiger partial charge in [-0.3, -0.25) is 5.10 Å². The molecule has 16 heavy (non-hydrogen) atoms. The quantitative estimate of drug-likeness (QED) is 0.648. The fraction of sp³-hybridized carbons (Fsp3) is 0.222. The van der Waals surface area contributed by atoms with Gasteiger partial charge in [0.15, 0.2) is 5.16 Å². The SMILES string of the molecule is CSc1nc(NCc2ccc(Cl)nc2)n[nH]1. The molecule has 2 heterocycles. The molecule has 0 aromatic carbocycles. The number of aromatic amines is 1. The second-order valence-corrected chi connectivity index (χ2v) is 4.19. The summed E-state index contributed by atoms with van der Waals surface area (Å²) in [6.45, 7) is 0.621. The van der Waals surface area contributed by atoms with E-state index in [1.807, 2.05) is 12.3 Å². The molecule has 2 aromatic heterocycles. The predicted octanol–water partition coefficient (Wildman–Crippen LogP) is 2.19. The van der Waals surface area contributed by atoms with Gasteiger partial charge >= 0.3 is 0 Å². The third-order valence-corrected chi connectivity index (χ3v) is 2.69. The van der Waals surface area contributed by atoms with E-state index in [0.29, 0.717) is 17.6 Å². The molecular formula is C9H10ClN5S. The van der Waals surface area contributed by atoms with Gasteiger partial charge in [0, 0.05) is 12.7 Å². The Morgan fingerprint density at radius 1 is 1.50 bits per heavy atom. The summed E-state index contributed by atoms with van der Waals surface area (Å²) in [5, 5.41) is 11.2. The number of nitrogens with zero attached hydrogens (tertiary/aromatic N) is 3. The van der Waals surface area contributed by atoms with Crippen molar-refractivity contribution in [3.05, 3.63) is 29.0 Å². The summed E-state index contributed by atoms with van der Waals surface area (Å²) in [5.74, 6) is 0.583. The van der Waals surface area contributed by atoms with Crippen molar-refractivity contribution in [1.82, 2.24) is 20.2 Å². The zero-order valence-corrected chi connectivity index (χ0v) is 10.1. The highest BCUT2D eigenvalue weighted by Crippen LogP contribution is 2.11. The molecule has 0 aliphatic carbocycles. The third-order valence-electron chi connectivity index (χ3n) is 1.90.